The number of aryl methyl sites for hydroxylation is 2. The van der Waals surface area contributed by atoms with Crippen LogP contribution in [0.25, 0.3) is 37.1 Å². The number of hydrogen-bond acceptors (Lipinski definition) is 2. The van der Waals surface area contributed by atoms with Gasteiger partial charge in [-0.25, -0.2) is 4.52 Å². The van der Waals surface area contributed by atoms with Crippen molar-refractivity contribution >= 4 is 37.2 Å². The van der Waals surface area contributed by atoms with E-state index in [2.05, 4.69) is 106 Å². The normalized spacial score (nSPS) is 12.6. The van der Waals surface area contributed by atoms with Crippen LogP contribution in [0.5, 0.6) is 0 Å². The SMILES string of the molecule is Cc1c(-c2c3sc4c(CC(C)(C)C)cnn4c3cc[n+]2C)cc(C(C)C)c2ccccc12. The van der Waals surface area contributed by atoms with Crippen molar-refractivity contribution in [3.05, 3.63) is 65.5 Å². The van der Waals surface area contributed by atoms with Crippen LogP contribution in [-0.4, -0.2) is 9.61 Å². The molecular formula is C28H32N3S+. The van der Waals surface area contributed by atoms with Gasteiger partial charge in [0.25, 0.3) is 0 Å². The van der Waals surface area contributed by atoms with Crippen molar-refractivity contribution in [1.29, 1.82) is 0 Å². The molecule has 5 aromatic rings. The van der Waals surface area contributed by atoms with Crippen LogP contribution in [0.1, 0.15) is 57.2 Å². The second-order valence-electron chi connectivity index (χ2n) is 10.6. The summed E-state index contributed by atoms with van der Waals surface area (Å²) in [6.07, 6.45) is 5.26. The van der Waals surface area contributed by atoms with E-state index in [4.69, 9.17) is 5.10 Å². The molecule has 0 atom stereocenters. The first kappa shape index (κ1) is 21.1. The summed E-state index contributed by atoms with van der Waals surface area (Å²) in [4.78, 5) is 1.27. The van der Waals surface area contributed by atoms with Crippen molar-refractivity contribution in [2.45, 2.75) is 53.9 Å². The van der Waals surface area contributed by atoms with Crippen LogP contribution in [0.4, 0.5) is 0 Å². The predicted octanol–water partition coefficient (Wildman–Crippen LogP) is 7.21. The van der Waals surface area contributed by atoms with E-state index in [0.717, 1.165) is 6.42 Å². The van der Waals surface area contributed by atoms with Gasteiger partial charge in [0.05, 0.1) is 17.3 Å². The van der Waals surface area contributed by atoms with E-state index in [1.54, 1.807) is 0 Å². The summed E-state index contributed by atoms with van der Waals surface area (Å²) in [5, 5.41) is 7.51. The van der Waals surface area contributed by atoms with Crippen molar-refractivity contribution in [3.63, 3.8) is 0 Å². The summed E-state index contributed by atoms with van der Waals surface area (Å²) in [5.74, 6) is 0.461. The Morgan fingerprint density at radius 2 is 1.81 bits per heavy atom. The Hall–Kier alpha value is -2.72. The molecule has 4 heteroatoms. The summed E-state index contributed by atoms with van der Waals surface area (Å²) in [6.45, 7) is 13.7. The number of pyridine rings is 1. The predicted molar refractivity (Wildman–Crippen MR) is 137 cm³/mol. The van der Waals surface area contributed by atoms with Crippen LogP contribution < -0.4 is 4.57 Å². The minimum Gasteiger partial charge on any atom is -0.221 e. The van der Waals surface area contributed by atoms with Crippen molar-refractivity contribution < 1.29 is 4.57 Å². The average Bonchev–Trinajstić information content (AvgIpc) is 3.27. The van der Waals surface area contributed by atoms with E-state index in [-0.39, 0.29) is 5.41 Å². The monoisotopic (exact) mass is 442 g/mol. The highest BCUT2D eigenvalue weighted by molar-refractivity contribution is 7.24. The number of fused-ring (bicyclic) bond motifs is 4. The molecule has 164 valence electrons. The summed E-state index contributed by atoms with van der Waals surface area (Å²) in [5.41, 5.74) is 8.12. The van der Waals surface area contributed by atoms with Crippen LogP contribution in [-0.2, 0) is 13.5 Å². The molecule has 0 unspecified atom stereocenters. The minimum atomic E-state index is 0.230. The molecule has 0 bridgehead atoms. The topological polar surface area (TPSA) is 21.2 Å². The molecule has 0 spiro atoms. The number of nitrogens with zero attached hydrogens (tertiary/aromatic N) is 3. The molecule has 0 amide bonds. The zero-order valence-electron chi connectivity index (χ0n) is 20.2. The van der Waals surface area contributed by atoms with Gasteiger partial charge in [-0.3, -0.25) is 0 Å². The van der Waals surface area contributed by atoms with Crippen LogP contribution >= 0.6 is 11.3 Å². The van der Waals surface area contributed by atoms with Gasteiger partial charge >= 0.3 is 0 Å². The standard InChI is InChI=1S/C28H32N3S/c1-17(2)22-14-23(18(3)20-10-8-9-11-21(20)22)25-26-24(12-13-30(25)7)31-27(32-26)19(16-29-31)15-28(4,5)6/h8-14,16-17H,15H2,1-7H3/q+1. The van der Waals surface area contributed by atoms with Gasteiger partial charge in [0, 0.05) is 11.6 Å². The molecule has 0 N–H and O–H groups in total. The maximum Gasteiger partial charge on any atom is 0.232 e. The van der Waals surface area contributed by atoms with E-state index in [1.807, 2.05) is 11.3 Å². The maximum atomic E-state index is 4.79. The second kappa shape index (κ2) is 7.41. The Kier molecular flexibility index (Phi) is 4.90. The van der Waals surface area contributed by atoms with Gasteiger partial charge in [0.1, 0.15) is 16.6 Å². The largest absolute Gasteiger partial charge is 0.232 e. The van der Waals surface area contributed by atoms with Crippen LogP contribution in [0, 0.1) is 12.3 Å². The van der Waals surface area contributed by atoms with Crippen molar-refractivity contribution in [2.24, 2.45) is 12.5 Å². The zero-order valence-corrected chi connectivity index (χ0v) is 21.0. The molecule has 0 aliphatic rings. The number of rotatable bonds is 3. The summed E-state index contributed by atoms with van der Waals surface area (Å²) in [6, 6.07) is 13.5. The molecule has 3 nitrogen and oxygen atoms in total. The molecule has 5 rings (SSSR count). The Balaban J connectivity index is 1.84. The fraction of sp³-hybridized carbons (Fsp3) is 0.357. The number of benzene rings is 2. The Bertz CT molecular complexity index is 1480. The maximum absolute atomic E-state index is 4.79. The lowest BCUT2D eigenvalue weighted by molar-refractivity contribution is -0.659. The van der Waals surface area contributed by atoms with E-state index in [1.165, 1.54) is 53.8 Å². The van der Waals surface area contributed by atoms with Crippen molar-refractivity contribution in [3.8, 4) is 11.3 Å². The zero-order chi connectivity index (χ0) is 22.8. The third kappa shape index (κ3) is 3.32. The molecule has 0 aliphatic heterocycles. The van der Waals surface area contributed by atoms with E-state index < -0.39 is 0 Å². The van der Waals surface area contributed by atoms with Gasteiger partial charge in [-0.2, -0.15) is 9.67 Å². The van der Waals surface area contributed by atoms with Crippen LogP contribution in [0.3, 0.4) is 0 Å². The Labute approximate surface area is 194 Å². The first-order valence-corrected chi connectivity index (χ1v) is 12.3. The molecule has 2 aromatic carbocycles. The third-order valence-corrected chi connectivity index (χ3v) is 7.66. The van der Waals surface area contributed by atoms with Crippen molar-refractivity contribution in [2.75, 3.05) is 0 Å². The van der Waals surface area contributed by atoms with Gasteiger partial charge in [0.2, 0.25) is 5.69 Å². The molecule has 3 aromatic heterocycles. The fourth-order valence-corrected chi connectivity index (χ4v) is 6.20. The smallest absolute Gasteiger partial charge is 0.221 e. The third-order valence-electron chi connectivity index (χ3n) is 6.42. The first-order valence-electron chi connectivity index (χ1n) is 11.5. The number of aromatic nitrogens is 3. The average molecular weight is 443 g/mol. The lowest BCUT2D eigenvalue weighted by Gasteiger charge is -2.16. The minimum absolute atomic E-state index is 0.230. The van der Waals surface area contributed by atoms with Gasteiger partial charge in [0.15, 0.2) is 6.20 Å². The highest BCUT2D eigenvalue weighted by Gasteiger charge is 2.25. The molecule has 0 saturated carbocycles. The van der Waals surface area contributed by atoms with Crippen molar-refractivity contribution in [1.82, 2.24) is 9.61 Å². The highest BCUT2D eigenvalue weighted by Crippen LogP contribution is 2.40. The van der Waals surface area contributed by atoms with Crippen LogP contribution in [0.15, 0.2) is 48.8 Å². The summed E-state index contributed by atoms with van der Waals surface area (Å²) >= 11 is 1.88. The molecule has 32 heavy (non-hydrogen) atoms. The first-order chi connectivity index (χ1) is 15.2. The van der Waals surface area contributed by atoms with E-state index >= 15 is 0 Å². The van der Waals surface area contributed by atoms with Gasteiger partial charge < -0.3 is 0 Å². The van der Waals surface area contributed by atoms with E-state index in [0.29, 0.717) is 5.92 Å². The Morgan fingerprint density at radius 1 is 1.09 bits per heavy atom. The van der Waals surface area contributed by atoms with E-state index in [9.17, 15) is 0 Å². The lowest BCUT2D eigenvalue weighted by atomic mass is 9.89. The summed E-state index contributed by atoms with van der Waals surface area (Å²) < 4.78 is 5.73. The van der Waals surface area contributed by atoms with Crippen LogP contribution in [0.2, 0.25) is 0 Å². The molecule has 3 heterocycles. The molecular weight excluding hydrogens is 410 g/mol. The summed E-state index contributed by atoms with van der Waals surface area (Å²) in [7, 11) is 2.16. The van der Waals surface area contributed by atoms with Gasteiger partial charge in [-0.15, -0.1) is 11.3 Å². The lowest BCUT2D eigenvalue weighted by Crippen LogP contribution is -2.30. The fourth-order valence-electron chi connectivity index (χ4n) is 4.91. The second-order valence-corrected chi connectivity index (χ2v) is 11.6. The molecule has 0 radical (unpaired) electrons. The van der Waals surface area contributed by atoms with Gasteiger partial charge in [-0.05, 0) is 52.6 Å². The Morgan fingerprint density at radius 3 is 2.50 bits per heavy atom. The number of thiazole rings is 1. The molecule has 0 saturated heterocycles. The highest BCUT2D eigenvalue weighted by atomic mass is 32.1. The van der Waals surface area contributed by atoms with Gasteiger partial charge in [-0.1, -0.05) is 58.9 Å². The number of hydrogen-bond donors (Lipinski definition) is 0. The molecule has 0 fully saturated rings. The molecule has 0 aliphatic carbocycles. The quantitative estimate of drug-likeness (QED) is 0.270.